The lowest BCUT2D eigenvalue weighted by molar-refractivity contribution is -0.139. The van der Waals surface area contributed by atoms with Crippen molar-refractivity contribution in [3.05, 3.63) is 22.4 Å². The van der Waals surface area contributed by atoms with Crippen molar-refractivity contribution in [3.8, 4) is 0 Å². The molecule has 0 unspecified atom stereocenters. The van der Waals surface area contributed by atoms with E-state index >= 15 is 0 Å². The Kier molecular flexibility index (Phi) is 5.14. The average molecular weight is 295 g/mol. The molecule has 6 heteroatoms. The van der Waals surface area contributed by atoms with Crippen molar-refractivity contribution >= 4 is 23.2 Å². The normalized spacial score (nSPS) is 15.8. The van der Waals surface area contributed by atoms with Gasteiger partial charge in [-0.25, -0.2) is 0 Å². The summed E-state index contributed by atoms with van der Waals surface area (Å²) >= 11 is 1.71. The van der Waals surface area contributed by atoms with Gasteiger partial charge in [0.05, 0.1) is 6.54 Å². The van der Waals surface area contributed by atoms with Gasteiger partial charge in [-0.3, -0.25) is 14.5 Å². The van der Waals surface area contributed by atoms with Crippen molar-refractivity contribution in [2.24, 2.45) is 0 Å². The minimum atomic E-state index is 0.0897. The summed E-state index contributed by atoms with van der Waals surface area (Å²) in [5.41, 5.74) is 0. The van der Waals surface area contributed by atoms with E-state index in [9.17, 15) is 9.59 Å². The van der Waals surface area contributed by atoms with Gasteiger partial charge < -0.3 is 9.80 Å². The van der Waals surface area contributed by atoms with E-state index in [2.05, 4.69) is 6.07 Å². The molecule has 5 nitrogen and oxygen atoms in total. The third-order valence-corrected chi connectivity index (χ3v) is 4.35. The van der Waals surface area contributed by atoms with Crippen LogP contribution in [0.2, 0.25) is 0 Å². The lowest BCUT2D eigenvalue weighted by Gasteiger charge is -2.35. The molecule has 2 rings (SSSR count). The van der Waals surface area contributed by atoms with Crippen molar-refractivity contribution in [2.75, 3.05) is 39.8 Å². The molecule has 1 aliphatic rings. The minimum absolute atomic E-state index is 0.0897. The summed E-state index contributed by atoms with van der Waals surface area (Å²) < 4.78 is 0. The van der Waals surface area contributed by atoms with Crippen molar-refractivity contribution in [3.63, 3.8) is 0 Å². The fourth-order valence-electron chi connectivity index (χ4n) is 2.33. The van der Waals surface area contributed by atoms with Crippen molar-refractivity contribution < 1.29 is 9.59 Å². The zero-order chi connectivity index (χ0) is 14.5. The molecule has 1 aromatic heterocycles. The Morgan fingerprint density at radius 3 is 2.45 bits per heavy atom. The summed E-state index contributed by atoms with van der Waals surface area (Å²) in [5.74, 6) is 0.235. The number of amides is 2. The molecule has 1 aromatic rings. The molecule has 2 amide bonds. The number of nitrogens with zero attached hydrogens (tertiary/aromatic N) is 3. The Morgan fingerprint density at radius 1 is 1.25 bits per heavy atom. The maximum atomic E-state index is 12.2. The van der Waals surface area contributed by atoms with Crippen LogP contribution in [-0.4, -0.2) is 66.3 Å². The second-order valence-electron chi connectivity index (χ2n) is 5.14. The van der Waals surface area contributed by atoms with E-state index in [1.807, 2.05) is 28.3 Å². The van der Waals surface area contributed by atoms with Gasteiger partial charge in [0.25, 0.3) is 0 Å². The monoisotopic (exact) mass is 295 g/mol. The molecule has 1 aliphatic heterocycles. The van der Waals surface area contributed by atoms with Gasteiger partial charge in [0, 0.05) is 44.5 Å². The van der Waals surface area contributed by atoms with Gasteiger partial charge in [-0.15, -0.1) is 11.3 Å². The zero-order valence-corrected chi connectivity index (χ0v) is 12.9. The molecule has 1 fully saturated rings. The summed E-state index contributed by atoms with van der Waals surface area (Å²) in [6, 6.07) is 4.11. The SMILES string of the molecule is CC(=O)N1CCN(C(=O)CN(C)Cc2cccs2)CC1. The Bertz CT molecular complexity index is 453. The van der Waals surface area contributed by atoms with E-state index in [1.165, 1.54) is 4.88 Å². The van der Waals surface area contributed by atoms with Crippen LogP contribution >= 0.6 is 11.3 Å². The largest absolute Gasteiger partial charge is 0.339 e. The van der Waals surface area contributed by atoms with Crippen LogP contribution in [0.4, 0.5) is 0 Å². The van der Waals surface area contributed by atoms with Crippen molar-refractivity contribution in [2.45, 2.75) is 13.5 Å². The molecule has 110 valence electrons. The van der Waals surface area contributed by atoms with Crippen LogP contribution in [0.5, 0.6) is 0 Å². The third kappa shape index (κ3) is 4.05. The fourth-order valence-corrected chi connectivity index (χ4v) is 3.11. The van der Waals surface area contributed by atoms with Gasteiger partial charge in [0.15, 0.2) is 0 Å². The fraction of sp³-hybridized carbons (Fsp3) is 0.571. The highest BCUT2D eigenvalue weighted by molar-refractivity contribution is 7.09. The van der Waals surface area contributed by atoms with Crippen LogP contribution in [0.3, 0.4) is 0 Å². The summed E-state index contributed by atoms with van der Waals surface area (Å²) in [6.45, 7) is 5.39. The van der Waals surface area contributed by atoms with E-state index in [0.717, 1.165) is 6.54 Å². The first-order valence-corrected chi connectivity index (χ1v) is 7.68. The highest BCUT2D eigenvalue weighted by Gasteiger charge is 2.22. The highest BCUT2D eigenvalue weighted by atomic mass is 32.1. The Hall–Kier alpha value is -1.40. The second kappa shape index (κ2) is 6.85. The van der Waals surface area contributed by atoms with Gasteiger partial charge >= 0.3 is 0 Å². The van der Waals surface area contributed by atoms with Crippen LogP contribution in [0, 0.1) is 0 Å². The first-order valence-electron chi connectivity index (χ1n) is 6.80. The Labute approximate surface area is 123 Å². The number of likely N-dealkylation sites (N-methyl/N-ethyl adjacent to an activating group) is 1. The van der Waals surface area contributed by atoms with E-state index in [1.54, 1.807) is 23.2 Å². The lowest BCUT2D eigenvalue weighted by atomic mass is 10.3. The van der Waals surface area contributed by atoms with E-state index < -0.39 is 0 Å². The standard InChI is InChI=1S/C14H21N3O2S/c1-12(18)16-5-7-17(8-6-16)14(19)11-15(2)10-13-4-3-9-20-13/h3-4,9H,5-8,10-11H2,1-2H3. The van der Waals surface area contributed by atoms with Gasteiger partial charge in [-0.2, -0.15) is 0 Å². The molecule has 20 heavy (non-hydrogen) atoms. The Morgan fingerprint density at radius 2 is 1.90 bits per heavy atom. The maximum absolute atomic E-state index is 12.2. The van der Waals surface area contributed by atoms with Crippen molar-refractivity contribution in [1.82, 2.24) is 14.7 Å². The Balaban J connectivity index is 1.76. The number of rotatable bonds is 4. The topological polar surface area (TPSA) is 43.9 Å². The molecule has 0 radical (unpaired) electrons. The minimum Gasteiger partial charge on any atom is -0.339 e. The van der Waals surface area contributed by atoms with Gasteiger partial charge in [-0.1, -0.05) is 6.07 Å². The molecule has 0 aliphatic carbocycles. The molecule has 2 heterocycles. The zero-order valence-electron chi connectivity index (χ0n) is 12.0. The first kappa shape index (κ1) is 15.0. The molecule has 0 saturated carbocycles. The molecule has 0 N–H and O–H groups in total. The molecule has 0 bridgehead atoms. The molecular weight excluding hydrogens is 274 g/mol. The third-order valence-electron chi connectivity index (χ3n) is 3.49. The number of hydrogen-bond donors (Lipinski definition) is 0. The molecule has 1 saturated heterocycles. The number of hydrogen-bond acceptors (Lipinski definition) is 4. The summed E-state index contributed by atoms with van der Waals surface area (Å²) in [4.78, 5) is 30.4. The van der Waals surface area contributed by atoms with Crippen molar-refractivity contribution in [1.29, 1.82) is 0 Å². The quantitative estimate of drug-likeness (QED) is 0.828. The smallest absolute Gasteiger partial charge is 0.236 e. The van der Waals surface area contributed by atoms with Crippen LogP contribution in [-0.2, 0) is 16.1 Å². The molecular formula is C14H21N3O2S. The average Bonchev–Trinajstić information content (AvgIpc) is 2.91. The number of piperazine rings is 1. The van der Waals surface area contributed by atoms with Crippen LogP contribution < -0.4 is 0 Å². The van der Waals surface area contributed by atoms with E-state index in [-0.39, 0.29) is 11.8 Å². The predicted molar refractivity (Wildman–Crippen MR) is 79.5 cm³/mol. The number of thiophene rings is 1. The van der Waals surface area contributed by atoms with Gasteiger partial charge in [-0.05, 0) is 18.5 Å². The first-order chi connectivity index (χ1) is 9.56. The van der Waals surface area contributed by atoms with E-state index in [0.29, 0.717) is 32.7 Å². The summed E-state index contributed by atoms with van der Waals surface area (Å²) in [7, 11) is 1.96. The lowest BCUT2D eigenvalue weighted by Crippen LogP contribution is -2.51. The maximum Gasteiger partial charge on any atom is 0.236 e. The van der Waals surface area contributed by atoms with Gasteiger partial charge in [0.1, 0.15) is 0 Å². The number of carbonyl (C=O) groups is 2. The highest BCUT2D eigenvalue weighted by Crippen LogP contribution is 2.11. The van der Waals surface area contributed by atoms with Gasteiger partial charge in [0.2, 0.25) is 11.8 Å². The van der Waals surface area contributed by atoms with Crippen LogP contribution in [0.1, 0.15) is 11.8 Å². The number of carbonyl (C=O) groups excluding carboxylic acids is 2. The molecule has 0 aromatic carbocycles. The summed E-state index contributed by atoms with van der Waals surface area (Å²) in [6.07, 6.45) is 0. The molecule has 0 spiro atoms. The summed E-state index contributed by atoms with van der Waals surface area (Å²) in [5, 5.41) is 2.05. The second-order valence-corrected chi connectivity index (χ2v) is 6.17. The molecule has 0 atom stereocenters. The predicted octanol–water partition coefficient (Wildman–Crippen LogP) is 0.871. The van der Waals surface area contributed by atoms with Crippen LogP contribution in [0.25, 0.3) is 0 Å². The van der Waals surface area contributed by atoms with E-state index in [4.69, 9.17) is 0 Å². The van der Waals surface area contributed by atoms with Crippen LogP contribution in [0.15, 0.2) is 17.5 Å².